The molecule has 32 heavy (non-hydrogen) atoms. The van der Waals surface area contributed by atoms with Gasteiger partial charge in [0.2, 0.25) is 5.89 Å². The van der Waals surface area contributed by atoms with Gasteiger partial charge >= 0.3 is 11.9 Å². The molecule has 1 fully saturated rings. The number of alkyl halides is 3. The van der Waals surface area contributed by atoms with Crippen LogP contribution >= 0.6 is 0 Å². The molecule has 1 aromatic heterocycles. The lowest BCUT2D eigenvalue weighted by Gasteiger charge is -2.26. The van der Waals surface area contributed by atoms with Crippen LogP contribution in [0.4, 0.5) is 13.2 Å². The van der Waals surface area contributed by atoms with Crippen molar-refractivity contribution >= 4 is 0 Å². The van der Waals surface area contributed by atoms with Gasteiger partial charge in [-0.1, -0.05) is 6.07 Å². The highest BCUT2D eigenvalue weighted by Crippen LogP contribution is 2.30. The number of hydrogen-bond acceptors (Lipinski definition) is 6. The molecule has 170 valence electrons. The van der Waals surface area contributed by atoms with Gasteiger partial charge in [-0.3, -0.25) is 4.90 Å². The third-order valence-corrected chi connectivity index (χ3v) is 5.24. The van der Waals surface area contributed by atoms with E-state index in [1.54, 1.807) is 7.11 Å². The van der Waals surface area contributed by atoms with E-state index in [1.807, 2.05) is 18.2 Å². The predicted molar refractivity (Wildman–Crippen MR) is 109 cm³/mol. The molecule has 0 N–H and O–H groups in total. The summed E-state index contributed by atoms with van der Waals surface area (Å²) in [7, 11) is 1.54. The lowest BCUT2D eigenvalue weighted by molar-refractivity contribution is -0.137. The van der Waals surface area contributed by atoms with E-state index in [9.17, 15) is 18.0 Å². The second kappa shape index (κ2) is 9.17. The SMILES string of the molecule is COc1ccc(CN2CCOCC2)cc1Cn1nc(-c2ccc(C(F)(F)F)cc2)oc1=O. The molecule has 0 saturated carbocycles. The molecular weight excluding hydrogens is 427 g/mol. The van der Waals surface area contributed by atoms with Crippen molar-refractivity contribution in [3.8, 4) is 17.2 Å². The molecule has 0 aliphatic carbocycles. The summed E-state index contributed by atoms with van der Waals surface area (Å²) < 4.78 is 55.4. The average Bonchev–Trinajstić information content (AvgIpc) is 3.14. The van der Waals surface area contributed by atoms with E-state index in [2.05, 4.69) is 10.00 Å². The molecule has 0 bridgehead atoms. The van der Waals surface area contributed by atoms with Crippen molar-refractivity contribution in [3.63, 3.8) is 0 Å². The summed E-state index contributed by atoms with van der Waals surface area (Å²) in [5.41, 5.74) is 1.29. The summed E-state index contributed by atoms with van der Waals surface area (Å²) >= 11 is 0. The number of benzene rings is 2. The minimum atomic E-state index is -4.44. The molecule has 0 radical (unpaired) electrons. The molecule has 0 amide bonds. The van der Waals surface area contributed by atoms with Crippen LogP contribution in [0.25, 0.3) is 11.5 Å². The number of rotatable bonds is 6. The van der Waals surface area contributed by atoms with Gasteiger partial charge in [0.1, 0.15) is 5.75 Å². The first kappa shape index (κ1) is 22.1. The molecule has 0 spiro atoms. The first-order valence-corrected chi connectivity index (χ1v) is 10.0. The molecule has 3 aromatic rings. The Morgan fingerprint density at radius 2 is 1.78 bits per heavy atom. The summed E-state index contributed by atoms with van der Waals surface area (Å²) in [6.45, 7) is 3.93. The third-order valence-electron chi connectivity index (χ3n) is 5.24. The Labute approximate surface area is 182 Å². The fraction of sp³-hybridized carbons (Fsp3) is 0.364. The van der Waals surface area contributed by atoms with E-state index in [4.69, 9.17) is 13.9 Å². The van der Waals surface area contributed by atoms with E-state index in [1.165, 1.54) is 12.1 Å². The predicted octanol–water partition coefficient (Wildman–Crippen LogP) is 3.41. The van der Waals surface area contributed by atoms with Crippen LogP contribution in [0.1, 0.15) is 16.7 Å². The van der Waals surface area contributed by atoms with Crippen molar-refractivity contribution in [2.45, 2.75) is 19.3 Å². The number of morpholine rings is 1. The Balaban J connectivity index is 1.55. The van der Waals surface area contributed by atoms with Crippen LogP contribution in [-0.2, 0) is 24.0 Å². The fourth-order valence-corrected chi connectivity index (χ4v) is 3.56. The van der Waals surface area contributed by atoms with Gasteiger partial charge in [0.05, 0.1) is 32.4 Å². The summed E-state index contributed by atoms with van der Waals surface area (Å²) in [6.07, 6.45) is -4.44. The Hall–Kier alpha value is -3.11. The van der Waals surface area contributed by atoms with Crippen molar-refractivity contribution in [2.24, 2.45) is 0 Å². The molecular formula is C22H22F3N3O4. The van der Waals surface area contributed by atoms with Crippen LogP contribution in [0.3, 0.4) is 0 Å². The summed E-state index contributed by atoms with van der Waals surface area (Å²) in [6, 6.07) is 10.1. The lowest BCUT2D eigenvalue weighted by atomic mass is 10.1. The van der Waals surface area contributed by atoms with Gasteiger partial charge in [-0.15, -0.1) is 5.10 Å². The van der Waals surface area contributed by atoms with Crippen LogP contribution < -0.4 is 10.5 Å². The monoisotopic (exact) mass is 449 g/mol. The molecule has 2 aromatic carbocycles. The van der Waals surface area contributed by atoms with Gasteiger partial charge in [0.25, 0.3) is 0 Å². The zero-order chi connectivity index (χ0) is 22.7. The fourth-order valence-electron chi connectivity index (χ4n) is 3.56. The van der Waals surface area contributed by atoms with E-state index in [-0.39, 0.29) is 18.0 Å². The number of methoxy groups -OCH3 is 1. The minimum Gasteiger partial charge on any atom is -0.496 e. The largest absolute Gasteiger partial charge is 0.496 e. The van der Waals surface area contributed by atoms with Gasteiger partial charge in [-0.05, 0) is 42.0 Å². The number of halogens is 3. The van der Waals surface area contributed by atoms with Gasteiger partial charge in [0.15, 0.2) is 0 Å². The van der Waals surface area contributed by atoms with Crippen molar-refractivity contribution in [2.75, 3.05) is 33.4 Å². The molecule has 0 atom stereocenters. The van der Waals surface area contributed by atoms with Crippen LogP contribution in [-0.4, -0.2) is 48.1 Å². The number of nitrogens with zero attached hydrogens (tertiary/aromatic N) is 3. The van der Waals surface area contributed by atoms with Gasteiger partial charge in [-0.25, -0.2) is 4.79 Å². The van der Waals surface area contributed by atoms with E-state index in [0.29, 0.717) is 19.0 Å². The Morgan fingerprint density at radius 3 is 2.44 bits per heavy atom. The lowest BCUT2D eigenvalue weighted by Crippen LogP contribution is -2.35. The number of hydrogen-bond donors (Lipinski definition) is 0. The van der Waals surface area contributed by atoms with Crippen LogP contribution in [0.2, 0.25) is 0 Å². The van der Waals surface area contributed by atoms with Gasteiger partial charge < -0.3 is 13.9 Å². The van der Waals surface area contributed by atoms with Crippen molar-refractivity contribution in [1.82, 2.24) is 14.7 Å². The molecule has 1 saturated heterocycles. The van der Waals surface area contributed by atoms with Gasteiger partial charge in [-0.2, -0.15) is 17.9 Å². The van der Waals surface area contributed by atoms with E-state index >= 15 is 0 Å². The highest BCUT2D eigenvalue weighted by atomic mass is 19.4. The quantitative estimate of drug-likeness (QED) is 0.575. The molecule has 4 rings (SSSR count). The number of aromatic nitrogens is 2. The van der Waals surface area contributed by atoms with Crippen molar-refractivity contribution < 1.29 is 27.1 Å². The smallest absolute Gasteiger partial charge is 0.437 e. The van der Waals surface area contributed by atoms with Gasteiger partial charge in [0, 0.05) is 30.8 Å². The maximum absolute atomic E-state index is 12.8. The second-order valence-corrected chi connectivity index (χ2v) is 7.44. The maximum Gasteiger partial charge on any atom is 0.437 e. The Bertz CT molecular complexity index is 1120. The first-order valence-electron chi connectivity index (χ1n) is 10.0. The molecule has 2 heterocycles. The van der Waals surface area contributed by atoms with Crippen molar-refractivity contribution in [3.05, 3.63) is 69.7 Å². The maximum atomic E-state index is 12.8. The third kappa shape index (κ3) is 5.03. The minimum absolute atomic E-state index is 0.0489. The van der Waals surface area contributed by atoms with E-state index in [0.717, 1.165) is 47.6 Å². The highest BCUT2D eigenvalue weighted by molar-refractivity contribution is 5.53. The van der Waals surface area contributed by atoms with Crippen LogP contribution in [0.5, 0.6) is 5.75 Å². The summed E-state index contributed by atoms with van der Waals surface area (Å²) in [4.78, 5) is 14.6. The first-order chi connectivity index (χ1) is 15.3. The second-order valence-electron chi connectivity index (χ2n) is 7.44. The Morgan fingerprint density at radius 1 is 1.06 bits per heavy atom. The zero-order valence-electron chi connectivity index (χ0n) is 17.4. The normalized spacial score (nSPS) is 15.1. The summed E-state index contributed by atoms with van der Waals surface area (Å²) in [5, 5.41) is 4.16. The standard InChI is InChI=1S/C22H22F3N3O4/c1-30-19-7-2-15(13-27-8-10-31-11-9-27)12-17(19)14-28-21(29)32-20(26-28)16-3-5-18(6-4-16)22(23,24)25/h2-7,12H,8-11,13-14H2,1H3. The molecule has 10 heteroatoms. The number of ether oxygens (including phenoxy) is 2. The topological polar surface area (TPSA) is 69.7 Å². The molecule has 1 aliphatic heterocycles. The zero-order valence-corrected chi connectivity index (χ0v) is 17.4. The Kier molecular flexibility index (Phi) is 6.33. The molecule has 7 nitrogen and oxygen atoms in total. The molecule has 1 aliphatic rings. The molecule has 0 unspecified atom stereocenters. The van der Waals surface area contributed by atoms with Crippen molar-refractivity contribution in [1.29, 1.82) is 0 Å². The highest BCUT2D eigenvalue weighted by Gasteiger charge is 2.30. The van der Waals surface area contributed by atoms with Crippen LogP contribution in [0.15, 0.2) is 51.7 Å². The average molecular weight is 449 g/mol. The van der Waals surface area contributed by atoms with Crippen LogP contribution in [0, 0.1) is 0 Å². The summed E-state index contributed by atoms with van der Waals surface area (Å²) in [5.74, 6) is -0.158. The van der Waals surface area contributed by atoms with E-state index < -0.39 is 17.5 Å².